The maximum absolute atomic E-state index is 15.0. The van der Waals surface area contributed by atoms with Crippen molar-refractivity contribution >= 4 is 34.4 Å². The zero-order valence-electron chi connectivity index (χ0n) is 28.2. The van der Waals surface area contributed by atoms with E-state index < -0.39 is 109 Å². The Kier molecular flexibility index (Phi) is 2.46. The number of aromatic nitrogens is 5. The molecule has 1 aromatic carbocycles. The van der Waals surface area contributed by atoms with E-state index in [-0.39, 0.29) is 15.9 Å². The molecule has 0 aliphatic heterocycles. The van der Waals surface area contributed by atoms with Crippen LogP contribution in [0.5, 0.6) is 0 Å². The largest absolute Gasteiger partial charge is 0.452 e. The number of nitrogen functional groups attached to an aromatic ring is 2. The standard InChI is InChI=1S/C20H19FN8O2/c1-28(20(30)31-2)15-16(22)25-18(26-17(15)23)14-12-7-5-9-24-19(12)29(27-14)10-11-6-3-4-8-13(11)21/h3-9H,10H2,1-2H3,(H4,22,23,25,26)/i1D3,2D3,3D,4D,5D,6D,7D,8D,9D. The van der Waals surface area contributed by atoms with Gasteiger partial charge in [0.1, 0.15) is 17.2 Å². The number of pyridine rings is 1. The molecule has 3 aromatic heterocycles. The van der Waals surface area contributed by atoms with Crippen molar-refractivity contribution in [2.45, 2.75) is 6.54 Å². The molecule has 0 spiro atoms. The van der Waals surface area contributed by atoms with Gasteiger partial charge in [0.2, 0.25) is 0 Å². The molecule has 0 aliphatic carbocycles. The third-order valence-corrected chi connectivity index (χ3v) is 4.00. The zero-order valence-corrected chi connectivity index (χ0v) is 15.2. The van der Waals surface area contributed by atoms with E-state index in [1.54, 1.807) is 0 Å². The second-order valence-corrected chi connectivity index (χ2v) is 5.84. The Bertz CT molecular complexity index is 1790. The van der Waals surface area contributed by atoms with Crippen LogP contribution in [0, 0.1) is 5.82 Å². The van der Waals surface area contributed by atoms with Crippen LogP contribution in [-0.4, -0.2) is 44.8 Å². The van der Waals surface area contributed by atoms with Gasteiger partial charge in [0, 0.05) is 22.8 Å². The van der Waals surface area contributed by atoms with Gasteiger partial charge in [-0.2, -0.15) is 5.10 Å². The molecule has 0 atom stereocenters. The summed E-state index contributed by atoms with van der Waals surface area (Å²) < 4.78 is 120. The van der Waals surface area contributed by atoms with E-state index in [4.69, 9.17) is 29.3 Å². The second kappa shape index (κ2) is 7.86. The van der Waals surface area contributed by atoms with Crippen LogP contribution in [0.25, 0.3) is 22.6 Å². The molecule has 0 saturated carbocycles. The van der Waals surface area contributed by atoms with E-state index in [9.17, 15) is 9.18 Å². The number of amides is 1. The van der Waals surface area contributed by atoms with E-state index in [0.29, 0.717) is 0 Å². The molecular formula is C20H19FN8O2. The third kappa shape index (κ3) is 3.56. The summed E-state index contributed by atoms with van der Waals surface area (Å²) in [6, 6.07) is -4.59. The summed E-state index contributed by atoms with van der Waals surface area (Å²) in [7, 11) is -3.35. The first kappa shape index (κ1) is 9.69. The van der Waals surface area contributed by atoms with Crippen LogP contribution in [0.1, 0.15) is 23.4 Å². The molecule has 0 saturated heterocycles. The first-order chi connectivity index (χ1) is 20.2. The van der Waals surface area contributed by atoms with Gasteiger partial charge in [0.15, 0.2) is 23.1 Å². The van der Waals surface area contributed by atoms with Gasteiger partial charge in [-0.3, -0.25) is 4.90 Å². The molecule has 11 heteroatoms. The molecule has 3 heterocycles. The van der Waals surface area contributed by atoms with Gasteiger partial charge in [-0.25, -0.2) is 28.8 Å². The Morgan fingerprint density at radius 2 is 2.03 bits per heavy atom. The number of nitrogens with zero attached hydrogens (tertiary/aromatic N) is 6. The zero-order chi connectivity index (χ0) is 33.2. The van der Waals surface area contributed by atoms with Crippen LogP contribution in [-0.2, 0) is 11.3 Å². The summed E-state index contributed by atoms with van der Waals surface area (Å²) in [6.45, 7) is -4.11. The number of rotatable bonds is 4. The second-order valence-electron chi connectivity index (χ2n) is 5.84. The fourth-order valence-corrected chi connectivity index (χ4v) is 2.66. The monoisotopic (exact) mass is 435 g/mol. The highest BCUT2D eigenvalue weighted by Crippen LogP contribution is 2.32. The average Bonchev–Trinajstić information content (AvgIpc) is 3.25. The molecule has 10 nitrogen and oxygen atoms in total. The fraction of sp³-hybridized carbons (Fsp3) is 0.150. The van der Waals surface area contributed by atoms with Crippen LogP contribution < -0.4 is 16.4 Å². The van der Waals surface area contributed by atoms with Crippen LogP contribution in [0.15, 0.2) is 42.4 Å². The molecule has 4 aromatic rings. The summed E-state index contributed by atoms with van der Waals surface area (Å²) in [6.07, 6.45) is -2.58. The van der Waals surface area contributed by atoms with Crippen LogP contribution >= 0.6 is 0 Å². The molecule has 4 N–H and O–H groups in total. The maximum atomic E-state index is 15.0. The lowest BCUT2D eigenvalue weighted by molar-refractivity contribution is 0.180. The van der Waals surface area contributed by atoms with Crippen molar-refractivity contribution < 1.29 is 31.7 Å². The van der Waals surface area contributed by atoms with Crippen LogP contribution in [0.4, 0.5) is 26.5 Å². The Hall–Kier alpha value is -4.28. The van der Waals surface area contributed by atoms with Gasteiger partial charge in [0.05, 0.1) is 32.7 Å². The molecule has 0 radical (unpaired) electrons. The molecule has 0 bridgehead atoms. The minimum Gasteiger partial charge on any atom is -0.452 e. The number of ether oxygens (including phenoxy) is 1. The number of halogens is 1. The van der Waals surface area contributed by atoms with Gasteiger partial charge < -0.3 is 16.2 Å². The van der Waals surface area contributed by atoms with Crippen LogP contribution in [0.2, 0.25) is 0 Å². The summed E-state index contributed by atoms with van der Waals surface area (Å²) in [5.41, 5.74) is 9.75. The molecule has 31 heavy (non-hydrogen) atoms. The lowest BCUT2D eigenvalue weighted by Crippen LogP contribution is -2.28. The number of methoxy groups -OCH3 is 1. The van der Waals surface area contributed by atoms with Crippen molar-refractivity contribution in [3.05, 3.63) is 53.8 Å². The van der Waals surface area contributed by atoms with Gasteiger partial charge in [-0.1, -0.05) is 18.1 Å². The lowest BCUT2D eigenvalue weighted by atomic mass is 10.2. The lowest BCUT2D eigenvalue weighted by Gasteiger charge is -2.18. The van der Waals surface area contributed by atoms with Gasteiger partial charge in [0.25, 0.3) is 0 Å². The van der Waals surface area contributed by atoms with Gasteiger partial charge in [-0.05, 0) is 18.1 Å². The number of hydrogen-bond donors (Lipinski definition) is 2. The molecule has 0 unspecified atom stereocenters. The minimum atomic E-state index is -3.40. The van der Waals surface area contributed by atoms with Crippen molar-refractivity contribution in [1.29, 1.82) is 0 Å². The number of hydrogen-bond acceptors (Lipinski definition) is 8. The summed E-state index contributed by atoms with van der Waals surface area (Å²) >= 11 is 0. The number of carbonyl (C=O) groups is 1. The first-order valence-electron chi connectivity index (χ1n) is 14.7. The van der Waals surface area contributed by atoms with Crippen molar-refractivity contribution in [1.82, 2.24) is 24.7 Å². The number of fused-ring (bicyclic) bond motifs is 1. The molecule has 4 rings (SSSR count). The number of nitrogens with two attached hydrogens (primary N) is 2. The Labute approximate surface area is 194 Å². The smallest absolute Gasteiger partial charge is 0.413 e. The van der Waals surface area contributed by atoms with E-state index in [1.165, 1.54) is 0 Å². The van der Waals surface area contributed by atoms with E-state index in [2.05, 4.69) is 24.8 Å². The van der Waals surface area contributed by atoms with E-state index in [0.717, 1.165) is 4.68 Å². The van der Waals surface area contributed by atoms with E-state index in [1.807, 2.05) is 0 Å². The fourth-order valence-electron chi connectivity index (χ4n) is 2.66. The van der Waals surface area contributed by atoms with E-state index >= 15 is 0 Å². The topological polar surface area (TPSA) is 138 Å². The van der Waals surface area contributed by atoms with Crippen molar-refractivity contribution in [3.63, 3.8) is 0 Å². The molecule has 1 amide bonds. The predicted molar refractivity (Wildman–Crippen MR) is 114 cm³/mol. The number of anilines is 3. The third-order valence-electron chi connectivity index (χ3n) is 4.00. The van der Waals surface area contributed by atoms with Crippen molar-refractivity contribution in [2.24, 2.45) is 0 Å². The predicted octanol–water partition coefficient (Wildman–Crippen LogP) is 2.44. The molecule has 0 fully saturated rings. The SMILES string of the molecule is [2H]c1nc2c(c(-c3nc(N)c(N(C(=O)OC([2H])([2H])[2H])C([2H])([2H])[2H])c(N)n3)nn2Cc2c([2H])c([2H])c([2H])c([2H])c2F)c([2H])c1[2H]. The highest BCUT2D eigenvalue weighted by Gasteiger charge is 2.23. The normalized spacial score (nSPS) is 17.8. The molecule has 158 valence electrons. The Morgan fingerprint density at radius 1 is 1.26 bits per heavy atom. The average molecular weight is 436 g/mol. The highest BCUT2D eigenvalue weighted by atomic mass is 19.1. The van der Waals surface area contributed by atoms with Crippen molar-refractivity contribution in [3.8, 4) is 11.5 Å². The Morgan fingerprint density at radius 3 is 2.77 bits per heavy atom. The molecule has 0 aliphatic rings. The summed E-state index contributed by atoms with van der Waals surface area (Å²) in [5, 5.41) is 3.87. The summed E-state index contributed by atoms with van der Waals surface area (Å²) in [5.74, 6) is -3.43. The number of carbonyl (C=O) groups excluding carboxylic acids is 1. The maximum Gasteiger partial charge on any atom is 0.413 e. The van der Waals surface area contributed by atoms with Gasteiger partial charge in [-0.15, -0.1) is 0 Å². The highest BCUT2D eigenvalue weighted by molar-refractivity contribution is 5.96. The first-order valence-corrected chi connectivity index (χ1v) is 8.21. The van der Waals surface area contributed by atoms with Gasteiger partial charge >= 0.3 is 6.09 Å². The minimum absolute atomic E-state index is 0.151. The number of benzene rings is 1. The molecular weight excluding hydrogens is 403 g/mol. The van der Waals surface area contributed by atoms with Crippen LogP contribution in [0.3, 0.4) is 0 Å². The summed E-state index contributed by atoms with van der Waals surface area (Å²) in [4.78, 5) is 24.1. The Balaban J connectivity index is 1.96. The van der Waals surface area contributed by atoms with Crippen molar-refractivity contribution in [2.75, 3.05) is 30.4 Å². The quantitative estimate of drug-likeness (QED) is 0.498.